The maximum atomic E-state index is 12.6. The van der Waals surface area contributed by atoms with Gasteiger partial charge in [0.25, 0.3) is 0 Å². The van der Waals surface area contributed by atoms with Crippen LogP contribution in [0, 0.1) is 0 Å². The number of hydrogen-bond donors (Lipinski definition) is 1. The van der Waals surface area contributed by atoms with Crippen LogP contribution in [-0.4, -0.2) is 12.0 Å². The molecule has 0 atom stereocenters. The molecule has 0 saturated heterocycles. The van der Waals surface area contributed by atoms with Gasteiger partial charge in [-0.05, 0) is 30.2 Å². The highest BCUT2D eigenvalue weighted by atomic mass is 32.1. The number of aryl methyl sites for hydroxylation is 1. The molecule has 118 valence electrons. The lowest BCUT2D eigenvalue weighted by Crippen LogP contribution is -2.26. The largest absolute Gasteiger partial charge is 0.427 e. The first-order chi connectivity index (χ1) is 10.3. The smallest absolute Gasteiger partial charge is 0.314 e. The predicted octanol–water partition coefficient (Wildman–Crippen LogP) is 4.20. The lowest BCUT2D eigenvalue weighted by Gasteiger charge is -2.17. The molecule has 0 fully saturated rings. The Labute approximate surface area is 130 Å². The molecule has 3 nitrogen and oxygen atoms in total. The maximum absolute atomic E-state index is 12.6. The fraction of sp³-hybridized carbons (Fsp3) is 0.267. The molecule has 0 aliphatic carbocycles. The summed E-state index contributed by atoms with van der Waals surface area (Å²) in [6, 6.07) is 5.73. The van der Waals surface area contributed by atoms with E-state index in [-0.39, 0.29) is 0 Å². The summed E-state index contributed by atoms with van der Waals surface area (Å²) in [5.41, 5.74) is 2.76. The van der Waals surface area contributed by atoms with Gasteiger partial charge in [-0.3, -0.25) is 0 Å². The van der Waals surface area contributed by atoms with Gasteiger partial charge in [0.2, 0.25) is 0 Å². The van der Waals surface area contributed by atoms with Crippen LogP contribution in [0.3, 0.4) is 0 Å². The number of hydrazine groups is 1. The first-order valence-corrected chi connectivity index (χ1v) is 7.46. The molecule has 0 radical (unpaired) electrons. The van der Waals surface area contributed by atoms with Gasteiger partial charge in [-0.1, -0.05) is 19.1 Å². The topological polar surface area (TPSA) is 42.1 Å². The first kappa shape index (κ1) is 16.5. The molecule has 0 amide bonds. The van der Waals surface area contributed by atoms with E-state index in [4.69, 9.17) is 5.84 Å². The minimum Gasteiger partial charge on any atom is -0.314 e. The van der Waals surface area contributed by atoms with Gasteiger partial charge in [0, 0.05) is 12.6 Å². The fourth-order valence-electron chi connectivity index (χ4n) is 2.06. The van der Waals surface area contributed by atoms with Crippen molar-refractivity contribution in [1.29, 1.82) is 0 Å². The Balaban J connectivity index is 2.36. The molecule has 0 saturated carbocycles. The Morgan fingerprint density at radius 2 is 2.05 bits per heavy atom. The second-order valence-corrected chi connectivity index (χ2v) is 5.77. The van der Waals surface area contributed by atoms with Crippen LogP contribution in [-0.2, 0) is 12.6 Å². The Hall–Kier alpha value is -1.86. The Morgan fingerprint density at radius 1 is 1.32 bits per heavy atom. The van der Waals surface area contributed by atoms with Gasteiger partial charge in [0.15, 0.2) is 0 Å². The van der Waals surface area contributed by atoms with Crippen LogP contribution < -0.4 is 10.9 Å². The molecule has 2 aromatic rings. The summed E-state index contributed by atoms with van der Waals surface area (Å²) in [4.78, 5) is 3.09. The molecule has 2 rings (SSSR count). The highest BCUT2D eigenvalue weighted by molar-refractivity contribution is 7.12. The minimum atomic E-state index is -4.35. The van der Waals surface area contributed by atoms with Crippen LogP contribution in [0.5, 0.6) is 0 Å². The standard InChI is InChI=1S/C15H16F3N3S/c1-3-10-5-4-6-12(21(2)19)11(10)7-8-14-20-9-13(22-14)15(16,17)18/h4-9H,3,19H2,1-2H3/b8-7+. The second-order valence-electron chi connectivity index (χ2n) is 4.71. The molecule has 0 unspecified atom stereocenters. The Kier molecular flexibility index (Phi) is 4.87. The van der Waals surface area contributed by atoms with Crippen LogP contribution in [0.1, 0.15) is 27.9 Å². The quantitative estimate of drug-likeness (QED) is 0.676. The van der Waals surface area contributed by atoms with Crippen LogP contribution in [0.2, 0.25) is 0 Å². The van der Waals surface area contributed by atoms with Crippen molar-refractivity contribution in [3.63, 3.8) is 0 Å². The molecule has 2 N–H and O–H groups in total. The van der Waals surface area contributed by atoms with Crippen LogP contribution in [0.4, 0.5) is 18.9 Å². The van der Waals surface area contributed by atoms with E-state index < -0.39 is 11.1 Å². The second kappa shape index (κ2) is 6.50. The van der Waals surface area contributed by atoms with Crippen LogP contribution in [0.15, 0.2) is 24.4 Å². The number of thiazole rings is 1. The van der Waals surface area contributed by atoms with Gasteiger partial charge in [-0.2, -0.15) is 13.2 Å². The first-order valence-electron chi connectivity index (χ1n) is 6.64. The van der Waals surface area contributed by atoms with Crippen molar-refractivity contribution in [3.8, 4) is 0 Å². The lowest BCUT2D eigenvalue weighted by molar-refractivity contribution is -0.134. The average molecular weight is 327 g/mol. The molecule has 1 heterocycles. The van der Waals surface area contributed by atoms with Crippen LogP contribution in [0.25, 0.3) is 12.2 Å². The number of rotatable bonds is 4. The summed E-state index contributed by atoms with van der Waals surface area (Å²) in [6.45, 7) is 2.01. The van der Waals surface area contributed by atoms with Crippen molar-refractivity contribution in [2.24, 2.45) is 5.84 Å². The van der Waals surface area contributed by atoms with Crippen molar-refractivity contribution in [2.45, 2.75) is 19.5 Å². The SMILES string of the molecule is CCc1cccc(N(C)N)c1/C=C/c1ncc(C(F)(F)F)s1. The van der Waals surface area contributed by atoms with E-state index in [2.05, 4.69) is 4.98 Å². The van der Waals surface area contributed by atoms with E-state index in [0.29, 0.717) is 16.3 Å². The summed E-state index contributed by atoms with van der Waals surface area (Å²) in [6.07, 6.45) is 0.644. The van der Waals surface area contributed by atoms with Gasteiger partial charge in [0.05, 0.1) is 11.9 Å². The van der Waals surface area contributed by atoms with E-state index in [1.165, 1.54) is 5.01 Å². The molecule has 1 aromatic heterocycles. The zero-order valence-electron chi connectivity index (χ0n) is 12.2. The van der Waals surface area contributed by atoms with E-state index in [1.807, 2.05) is 25.1 Å². The molecule has 0 aliphatic heterocycles. The van der Waals surface area contributed by atoms with E-state index >= 15 is 0 Å². The lowest BCUT2D eigenvalue weighted by atomic mass is 10.0. The molecule has 7 heteroatoms. The third-order valence-corrected chi connectivity index (χ3v) is 4.14. The zero-order valence-corrected chi connectivity index (χ0v) is 13.0. The summed E-state index contributed by atoms with van der Waals surface area (Å²) in [5, 5.41) is 1.80. The van der Waals surface area contributed by atoms with Gasteiger partial charge >= 0.3 is 6.18 Å². The summed E-state index contributed by atoms with van der Waals surface area (Å²) in [7, 11) is 1.72. The van der Waals surface area contributed by atoms with Gasteiger partial charge in [-0.25, -0.2) is 10.8 Å². The summed E-state index contributed by atoms with van der Waals surface area (Å²) >= 11 is 0.619. The van der Waals surface area contributed by atoms with Crippen molar-refractivity contribution >= 4 is 29.2 Å². The summed E-state index contributed by atoms with van der Waals surface area (Å²) in [5.74, 6) is 5.81. The number of anilines is 1. The van der Waals surface area contributed by atoms with E-state index in [0.717, 1.165) is 29.4 Å². The molecule has 0 spiro atoms. The number of hydrogen-bond acceptors (Lipinski definition) is 4. The van der Waals surface area contributed by atoms with Crippen LogP contribution >= 0.6 is 11.3 Å². The molecule has 0 bridgehead atoms. The normalized spacial score (nSPS) is 12.1. The van der Waals surface area contributed by atoms with Crippen molar-refractivity contribution in [3.05, 3.63) is 45.4 Å². The highest BCUT2D eigenvalue weighted by Crippen LogP contribution is 2.34. The molecular weight excluding hydrogens is 311 g/mol. The molecular formula is C15H16F3N3S. The van der Waals surface area contributed by atoms with E-state index in [9.17, 15) is 13.2 Å². The Bertz CT molecular complexity index is 675. The highest BCUT2D eigenvalue weighted by Gasteiger charge is 2.32. The van der Waals surface area contributed by atoms with Crippen molar-refractivity contribution in [1.82, 2.24) is 4.98 Å². The third kappa shape index (κ3) is 3.66. The maximum Gasteiger partial charge on any atom is 0.427 e. The zero-order chi connectivity index (χ0) is 16.3. The predicted molar refractivity (Wildman–Crippen MR) is 84.5 cm³/mol. The number of alkyl halides is 3. The molecule has 22 heavy (non-hydrogen) atoms. The monoisotopic (exact) mass is 327 g/mol. The Morgan fingerprint density at radius 3 is 2.59 bits per heavy atom. The molecule has 1 aromatic carbocycles. The van der Waals surface area contributed by atoms with Crippen molar-refractivity contribution in [2.75, 3.05) is 12.1 Å². The van der Waals surface area contributed by atoms with Gasteiger partial charge in [0.1, 0.15) is 9.88 Å². The summed E-state index contributed by atoms with van der Waals surface area (Å²) < 4.78 is 37.7. The van der Waals surface area contributed by atoms with E-state index in [1.54, 1.807) is 19.2 Å². The average Bonchev–Trinajstić information content (AvgIpc) is 2.93. The third-order valence-electron chi connectivity index (χ3n) is 3.13. The van der Waals surface area contributed by atoms with Crippen molar-refractivity contribution < 1.29 is 13.2 Å². The van der Waals surface area contributed by atoms with Gasteiger partial charge in [-0.15, -0.1) is 11.3 Å². The number of halogens is 3. The number of benzene rings is 1. The van der Waals surface area contributed by atoms with Gasteiger partial charge < -0.3 is 5.01 Å². The fourth-order valence-corrected chi connectivity index (χ4v) is 2.75. The number of nitrogens with zero attached hydrogens (tertiary/aromatic N) is 2. The minimum absolute atomic E-state index is 0.309. The number of aromatic nitrogens is 1. The number of nitrogens with two attached hydrogens (primary N) is 1. The molecule has 0 aliphatic rings.